The van der Waals surface area contributed by atoms with Gasteiger partial charge >= 0.3 is 0 Å². The van der Waals surface area contributed by atoms with Crippen LogP contribution in [0.25, 0.3) is 0 Å². The highest BCUT2D eigenvalue weighted by molar-refractivity contribution is 5.57. The van der Waals surface area contributed by atoms with Gasteiger partial charge in [-0.2, -0.15) is 0 Å². The molecule has 0 saturated carbocycles. The quantitative estimate of drug-likeness (QED) is 0.770. The second-order valence-electron chi connectivity index (χ2n) is 6.84. The Hall–Kier alpha value is -1.72. The summed E-state index contributed by atoms with van der Waals surface area (Å²) in [4.78, 5) is 0. The van der Waals surface area contributed by atoms with Crippen molar-refractivity contribution in [1.82, 2.24) is 5.32 Å². The number of rotatable bonds is 2. The van der Waals surface area contributed by atoms with Crippen LogP contribution < -0.4 is 10.1 Å². The molecular weight excluding hydrogens is 294 g/mol. The number of methoxy groups -OCH3 is 2. The molecule has 0 spiro atoms. The van der Waals surface area contributed by atoms with Crippen LogP contribution in [0.4, 0.5) is 0 Å². The molecule has 2 bridgehead atoms. The molecule has 3 N–H and O–H groups in total. The number of aliphatic hydroxyl groups is 1. The average Bonchev–Trinajstić information content (AvgIpc) is 2.53. The van der Waals surface area contributed by atoms with Gasteiger partial charge in [0.05, 0.1) is 14.2 Å². The number of fused-ring (bicyclic) bond motifs is 1. The lowest BCUT2D eigenvalue weighted by atomic mass is 9.53. The lowest BCUT2D eigenvalue weighted by Gasteiger charge is -2.55. The van der Waals surface area contributed by atoms with Crippen molar-refractivity contribution in [3.63, 3.8) is 0 Å². The van der Waals surface area contributed by atoms with Gasteiger partial charge in [0.1, 0.15) is 11.9 Å². The molecule has 1 aromatic rings. The van der Waals surface area contributed by atoms with Crippen molar-refractivity contribution in [3.05, 3.63) is 35.1 Å². The molecule has 3 aliphatic rings. The van der Waals surface area contributed by atoms with Crippen LogP contribution in [0.3, 0.4) is 0 Å². The third-order valence-corrected chi connectivity index (χ3v) is 5.90. The van der Waals surface area contributed by atoms with Gasteiger partial charge in [-0.3, -0.25) is 0 Å². The van der Waals surface area contributed by atoms with Crippen LogP contribution in [0.5, 0.6) is 11.5 Å². The summed E-state index contributed by atoms with van der Waals surface area (Å²) < 4.78 is 10.7. The minimum Gasteiger partial charge on any atom is -0.504 e. The van der Waals surface area contributed by atoms with Crippen molar-refractivity contribution < 1.29 is 19.7 Å². The normalized spacial score (nSPS) is 34.9. The number of hydrogen-bond donors (Lipinski definition) is 3. The minimum atomic E-state index is -0.633. The van der Waals surface area contributed by atoms with E-state index in [0.29, 0.717) is 24.0 Å². The van der Waals surface area contributed by atoms with Gasteiger partial charge in [-0.15, -0.1) is 0 Å². The first kappa shape index (κ1) is 14.8. The van der Waals surface area contributed by atoms with Crippen LogP contribution in [0.15, 0.2) is 24.0 Å². The number of hydrogen-bond acceptors (Lipinski definition) is 5. The van der Waals surface area contributed by atoms with Gasteiger partial charge in [0.25, 0.3) is 0 Å². The van der Waals surface area contributed by atoms with E-state index in [1.807, 2.05) is 12.1 Å². The van der Waals surface area contributed by atoms with E-state index in [9.17, 15) is 10.2 Å². The Labute approximate surface area is 135 Å². The average molecular weight is 317 g/mol. The molecular formula is C18H23NO4. The lowest BCUT2D eigenvalue weighted by molar-refractivity contribution is 0.0362. The molecule has 1 aliphatic heterocycles. The Bertz CT molecular complexity index is 671. The molecule has 124 valence electrons. The van der Waals surface area contributed by atoms with Gasteiger partial charge in [0.15, 0.2) is 11.5 Å². The van der Waals surface area contributed by atoms with Crippen LogP contribution in [0.1, 0.15) is 24.0 Å². The first-order valence-corrected chi connectivity index (χ1v) is 8.17. The maximum absolute atomic E-state index is 10.8. The molecule has 1 unspecified atom stereocenters. The van der Waals surface area contributed by atoms with E-state index in [1.165, 1.54) is 0 Å². The van der Waals surface area contributed by atoms with E-state index >= 15 is 0 Å². The summed E-state index contributed by atoms with van der Waals surface area (Å²) >= 11 is 0. The highest BCUT2D eigenvalue weighted by Crippen LogP contribution is 2.56. The summed E-state index contributed by atoms with van der Waals surface area (Å²) in [7, 11) is 3.18. The van der Waals surface area contributed by atoms with E-state index in [4.69, 9.17) is 9.47 Å². The van der Waals surface area contributed by atoms with E-state index in [-0.39, 0.29) is 17.1 Å². The summed E-state index contributed by atoms with van der Waals surface area (Å²) in [6.45, 7) is 0.889. The number of aliphatic hydroxyl groups excluding tert-OH is 1. The van der Waals surface area contributed by atoms with Gasteiger partial charge in [-0.25, -0.2) is 0 Å². The number of benzene rings is 1. The molecule has 1 saturated heterocycles. The second kappa shape index (κ2) is 5.14. The molecule has 5 nitrogen and oxygen atoms in total. The Morgan fingerprint density at radius 3 is 2.83 bits per heavy atom. The van der Waals surface area contributed by atoms with Crippen molar-refractivity contribution in [1.29, 1.82) is 0 Å². The van der Waals surface area contributed by atoms with Gasteiger partial charge < -0.3 is 25.0 Å². The number of ether oxygens (including phenoxy) is 2. The fourth-order valence-corrected chi connectivity index (χ4v) is 4.94. The molecule has 23 heavy (non-hydrogen) atoms. The fourth-order valence-electron chi connectivity index (χ4n) is 4.94. The zero-order valence-electron chi connectivity index (χ0n) is 13.5. The summed E-state index contributed by atoms with van der Waals surface area (Å²) in [5, 5.41) is 24.9. The van der Waals surface area contributed by atoms with Crippen LogP contribution in [-0.2, 0) is 16.6 Å². The van der Waals surface area contributed by atoms with Gasteiger partial charge in [-0.1, -0.05) is 6.07 Å². The minimum absolute atomic E-state index is 0.208. The maximum atomic E-state index is 10.8. The number of nitrogens with one attached hydrogen (secondary N) is 1. The molecule has 5 heteroatoms. The van der Waals surface area contributed by atoms with Crippen molar-refractivity contribution >= 4 is 0 Å². The van der Waals surface area contributed by atoms with Gasteiger partial charge in [0.2, 0.25) is 0 Å². The smallest absolute Gasteiger partial charge is 0.161 e. The van der Waals surface area contributed by atoms with Crippen molar-refractivity contribution in [3.8, 4) is 11.5 Å². The molecule has 4 atom stereocenters. The number of phenols is 1. The van der Waals surface area contributed by atoms with Crippen molar-refractivity contribution in [2.75, 3.05) is 20.8 Å². The Morgan fingerprint density at radius 1 is 1.26 bits per heavy atom. The summed E-state index contributed by atoms with van der Waals surface area (Å²) in [5.41, 5.74) is 1.85. The van der Waals surface area contributed by atoms with Gasteiger partial charge in [-0.05, 0) is 43.5 Å². The molecule has 0 radical (unpaired) electrons. The zero-order valence-corrected chi connectivity index (χ0v) is 13.5. The summed E-state index contributed by atoms with van der Waals surface area (Å²) in [6, 6.07) is 4.19. The third kappa shape index (κ3) is 1.93. The van der Waals surface area contributed by atoms with E-state index in [1.54, 1.807) is 14.2 Å². The number of aromatic hydroxyl groups is 1. The van der Waals surface area contributed by atoms with E-state index in [2.05, 4.69) is 11.4 Å². The predicted molar refractivity (Wildman–Crippen MR) is 85.7 cm³/mol. The van der Waals surface area contributed by atoms with Crippen molar-refractivity contribution in [2.24, 2.45) is 5.92 Å². The molecule has 1 heterocycles. The Balaban J connectivity index is 1.94. The first-order valence-electron chi connectivity index (χ1n) is 8.17. The van der Waals surface area contributed by atoms with Gasteiger partial charge in [0, 0.05) is 22.9 Å². The monoisotopic (exact) mass is 317 g/mol. The standard InChI is InChI=1S/C18H23NO4/c1-22-14-4-3-10-7-12-11-8-15(23-2)13(20)9-18(11,5-6-19-12)16(10)17(14)21/h3-4,8,11-13,19-21H,5-7,9H2,1-2H3/t11-,12+,13?,18-/m1/s1. The van der Waals surface area contributed by atoms with E-state index in [0.717, 1.165) is 30.5 Å². The third-order valence-electron chi connectivity index (χ3n) is 5.90. The van der Waals surface area contributed by atoms with Crippen LogP contribution in [0.2, 0.25) is 0 Å². The van der Waals surface area contributed by atoms with Crippen LogP contribution in [0, 0.1) is 5.92 Å². The predicted octanol–water partition coefficient (Wildman–Crippen LogP) is 1.47. The summed E-state index contributed by atoms with van der Waals surface area (Å²) in [5.74, 6) is 1.59. The first-order chi connectivity index (χ1) is 11.1. The van der Waals surface area contributed by atoms with E-state index < -0.39 is 6.10 Å². The second-order valence-corrected chi connectivity index (χ2v) is 6.84. The summed E-state index contributed by atoms with van der Waals surface area (Å²) in [6.07, 6.45) is 3.75. The highest BCUT2D eigenvalue weighted by atomic mass is 16.5. The Kier molecular flexibility index (Phi) is 3.32. The van der Waals surface area contributed by atoms with Crippen LogP contribution in [-0.4, -0.2) is 43.1 Å². The molecule has 0 amide bonds. The van der Waals surface area contributed by atoms with Crippen LogP contribution >= 0.6 is 0 Å². The topological polar surface area (TPSA) is 71.0 Å². The Morgan fingerprint density at radius 2 is 2.09 bits per heavy atom. The molecule has 2 aliphatic carbocycles. The highest BCUT2D eigenvalue weighted by Gasteiger charge is 2.55. The molecule has 4 rings (SSSR count). The SMILES string of the molecule is COC1=C[C@@H]2[C@@H]3Cc4ccc(OC)c(O)c4[C@]2(CCN3)CC1O. The number of piperidine rings is 1. The number of phenolic OH excluding ortho intramolecular Hbond substituents is 1. The largest absolute Gasteiger partial charge is 0.504 e. The lowest BCUT2D eigenvalue weighted by Crippen LogP contribution is -2.60. The molecule has 1 fully saturated rings. The van der Waals surface area contributed by atoms with Crippen molar-refractivity contribution in [2.45, 2.75) is 36.8 Å². The molecule has 1 aromatic carbocycles. The maximum Gasteiger partial charge on any atom is 0.161 e. The molecule has 0 aromatic heterocycles. The zero-order chi connectivity index (χ0) is 16.2. The fraction of sp³-hybridized carbons (Fsp3) is 0.556.